The maximum atomic E-state index is 13.1. The van der Waals surface area contributed by atoms with Crippen LogP contribution in [0, 0.1) is 0 Å². The van der Waals surface area contributed by atoms with Crippen LogP contribution < -0.4 is 20.7 Å². The van der Waals surface area contributed by atoms with Crippen LogP contribution in [0.4, 0.5) is 19.0 Å². The first-order valence-electron chi connectivity index (χ1n) is 10.0. The zero-order chi connectivity index (χ0) is 23.8. The van der Waals surface area contributed by atoms with Gasteiger partial charge in [0, 0.05) is 25.6 Å². The maximum absolute atomic E-state index is 13.1. The smallest absolute Gasteiger partial charge is 0.497 e. The summed E-state index contributed by atoms with van der Waals surface area (Å²) in [4.78, 5) is 30.3. The van der Waals surface area contributed by atoms with E-state index in [4.69, 9.17) is 4.74 Å². The molecular weight excluding hydrogens is 439 g/mol. The first kappa shape index (κ1) is 22.4. The normalized spacial score (nSPS) is 12.9. The van der Waals surface area contributed by atoms with Gasteiger partial charge in [-0.3, -0.25) is 13.9 Å². The predicted molar refractivity (Wildman–Crippen MR) is 116 cm³/mol. The number of methoxy groups -OCH3 is 1. The standard InChI is InChI=1S/C23H20F3N3O4/c1-28-20-19(21(30)29(22(28)31)13-14-6-8-17(32-2)9-7-14)12-16(27-20)10-15-4-3-5-18(11-15)33-23(24,25)26/h3-9,11H,10,12-13H2,1-2H3. The van der Waals surface area contributed by atoms with Gasteiger partial charge in [0.05, 0.1) is 19.2 Å². The van der Waals surface area contributed by atoms with Gasteiger partial charge in [-0.2, -0.15) is 0 Å². The third-order valence-electron chi connectivity index (χ3n) is 5.29. The van der Waals surface area contributed by atoms with Gasteiger partial charge < -0.3 is 9.47 Å². The minimum absolute atomic E-state index is 0.0922. The quantitative estimate of drug-likeness (QED) is 0.567. The van der Waals surface area contributed by atoms with E-state index in [0.29, 0.717) is 22.6 Å². The third kappa shape index (κ3) is 4.84. The molecule has 0 saturated carbocycles. The molecule has 172 valence electrons. The van der Waals surface area contributed by atoms with Gasteiger partial charge in [0.1, 0.15) is 17.3 Å². The Morgan fingerprint density at radius 1 is 1.03 bits per heavy atom. The Morgan fingerprint density at radius 3 is 2.42 bits per heavy atom. The van der Waals surface area contributed by atoms with E-state index in [2.05, 4.69) is 9.73 Å². The van der Waals surface area contributed by atoms with Crippen LogP contribution >= 0.6 is 0 Å². The van der Waals surface area contributed by atoms with Crippen molar-refractivity contribution < 1.29 is 22.6 Å². The summed E-state index contributed by atoms with van der Waals surface area (Å²) >= 11 is 0. The van der Waals surface area contributed by atoms with Crippen molar-refractivity contribution >= 4 is 11.5 Å². The van der Waals surface area contributed by atoms with Crippen LogP contribution in [0.25, 0.3) is 0 Å². The number of alkyl halides is 3. The summed E-state index contributed by atoms with van der Waals surface area (Å²) in [6.07, 6.45) is -4.36. The van der Waals surface area contributed by atoms with Gasteiger partial charge in [0.2, 0.25) is 0 Å². The van der Waals surface area contributed by atoms with Crippen molar-refractivity contribution in [1.29, 1.82) is 0 Å². The first-order valence-corrected chi connectivity index (χ1v) is 10.0. The number of aliphatic imine (C=N–C) groups is 1. The molecule has 0 unspecified atom stereocenters. The number of fused-ring (bicyclic) bond motifs is 1. The highest BCUT2D eigenvalue weighted by Crippen LogP contribution is 2.26. The Kier molecular flexibility index (Phi) is 5.84. The molecule has 0 fully saturated rings. The van der Waals surface area contributed by atoms with Crippen molar-refractivity contribution in [2.45, 2.75) is 25.7 Å². The largest absolute Gasteiger partial charge is 0.573 e. The minimum atomic E-state index is -4.78. The second-order valence-corrected chi connectivity index (χ2v) is 7.61. The van der Waals surface area contributed by atoms with Crippen molar-refractivity contribution in [3.05, 3.63) is 86.1 Å². The summed E-state index contributed by atoms with van der Waals surface area (Å²) < 4.78 is 49.0. The van der Waals surface area contributed by atoms with Crippen molar-refractivity contribution in [2.24, 2.45) is 12.0 Å². The molecule has 2 heterocycles. The Balaban J connectivity index is 1.59. The lowest BCUT2D eigenvalue weighted by atomic mass is 10.0. The first-order chi connectivity index (χ1) is 15.6. The molecule has 10 heteroatoms. The molecule has 0 amide bonds. The molecule has 0 N–H and O–H groups in total. The second-order valence-electron chi connectivity index (χ2n) is 7.61. The number of ether oxygens (including phenoxy) is 2. The molecule has 3 aromatic rings. The van der Waals surface area contributed by atoms with E-state index < -0.39 is 17.6 Å². The van der Waals surface area contributed by atoms with Gasteiger partial charge in [-0.1, -0.05) is 24.3 Å². The Labute approximate surface area is 186 Å². The third-order valence-corrected chi connectivity index (χ3v) is 5.29. The van der Waals surface area contributed by atoms with Crippen LogP contribution in [0.2, 0.25) is 0 Å². The number of benzene rings is 2. The van der Waals surface area contributed by atoms with Crippen LogP contribution in [0.1, 0.15) is 16.7 Å². The van der Waals surface area contributed by atoms with Crippen LogP contribution in [0.5, 0.6) is 11.5 Å². The topological polar surface area (TPSA) is 74.8 Å². The maximum Gasteiger partial charge on any atom is 0.573 e. The van der Waals surface area contributed by atoms with Crippen LogP contribution in [-0.2, 0) is 26.4 Å². The summed E-state index contributed by atoms with van der Waals surface area (Å²) in [5.74, 6) is 0.606. The molecule has 0 bridgehead atoms. The van der Waals surface area contributed by atoms with Crippen molar-refractivity contribution in [2.75, 3.05) is 7.11 Å². The van der Waals surface area contributed by atoms with Gasteiger partial charge in [-0.25, -0.2) is 9.79 Å². The lowest BCUT2D eigenvalue weighted by molar-refractivity contribution is -0.274. The van der Waals surface area contributed by atoms with Crippen LogP contribution in [0.3, 0.4) is 0 Å². The fraction of sp³-hybridized carbons (Fsp3) is 0.261. The molecule has 0 spiro atoms. The van der Waals surface area contributed by atoms with E-state index in [1.807, 2.05) is 0 Å². The van der Waals surface area contributed by atoms with E-state index in [1.54, 1.807) is 37.4 Å². The van der Waals surface area contributed by atoms with Crippen molar-refractivity contribution in [3.63, 3.8) is 0 Å². The molecule has 0 atom stereocenters. The summed E-state index contributed by atoms with van der Waals surface area (Å²) in [7, 11) is 3.09. The molecule has 2 aromatic carbocycles. The lowest BCUT2D eigenvalue weighted by Gasteiger charge is -2.11. The van der Waals surface area contributed by atoms with Gasteiger partial charge in [0.25, 0.3) is 5.56 Å². The molecular formula is C23H20F3N3O4. The second kappa shape index (κ2) is 8.61. The number of hydrogen-bond donors (Lipinski definition) is 0. The highest BCUT2D eigenvalue weighted by molar-refractivity contribution is 5.94. The number of rotatable bonds is 6. The van der Waals surface area contributed by atoms with Gasteiger partial charge in [-0.05, 0) is 35.4 Å². The molecule has 1 aromatic heterocycles. The fourth-order valence-electron chi connectivity index (χ4n) is 3.75. The molecule has 1 aliphatic heterocycles. The number of nitrogens with zero attached hydrogens (tertiary/aromatic N) is 3. The fourth-order valence-corrected chi connectivity index (χ4v) is 3.75. The summed E-state index contributed by atoms with van der Waals surface area (Å²) in [5, 5.41) is 0. The predicted octanol–water partition coefficient (Wildman–Crippen LogP) is 3.37. The molecule has 0 saturated heterocycles. The average Bonchev–Trinajstić information content (AvgIpc) is 3.19. The average molecular weight is 459 g/mol. The Morgan fingerprint density at radius 2 is 1.76 bits per heavy atom. The highest BCUT2D eigenvalue weighted by Gasteiger charge is 2.31. The van der Waals surface area contributed by atoms with Crippen LogP contribution in [-0.4, -0.2) is 28.3 Å². The SMILES string of the molecule is COc1ccc(Cn2c(=O)c3c(n(C)c2=O)N=C(Cc2cccc(OC(F)(F)F)c2)C3)cc1. The Hall–Kier alpha value is -3.82. The monoisotopic (exact) mass is 459 g/mol. The van der Waals surface area contributed by atoms with Gasteiger partial charge in [0.15, 0.2) is 0 Å². The van der Waals surface area contributed by atoms with E-state index >= 15 is 0 Å². The number of aromatic nitrogens is 2. The summed E-state index contributed by atoms with van der Waals surface area (Å²) in [6, 6.07) is 12.6. The number of hydrogen-bond acceptors (Lipinski definition) is 5. The number of halogens is 3. The molecule has 0 radical (unpaired) electrons. The molecule has 0 aliphatic carbocycles. The van der Waals surface area contributed by atoms with Crippen molar-refractivity contribution in [3.8, 4) is 11.5 Å². The van der Waals surface area contributed by atoms with Crippen LogP contribution in [0.15, 0.2) is 63.1 Å². The van der Waals surface area contributed by atoms with E-state index in [1.165, 1.54) is 29.8 Å². The lowest BCUT2D eigenvalue weighted by Crippen LogP contribution is -2.40. The van der Waals surface area contributed by atoms with Gasteiger partial charge in [-0.15, -0.1) is 13.2 Å². The van der Waals surface area contributed by atoms with E-state index in [9.17, 15) is 22.8 Å². The molecule has 33 heavy (non-hydrogen) atoms. The van der Waals surface area contributed by atoms with Gasteiger partial charge >= 0.3 is 12.1 Å². The molecule has 1 aliphatic rings. The molecule has 4 rings (SSSR count). The van der Waals surface area contributed by atoms with E-state index in [0.717, 1.165) is 10.1 Å². The minimum Gasteiger partial charge on any atom is -0.497 e. The summed E-state index contributed by atoms with van der Waals surface area (Å²) in [6.45, 7) is 0.0922. The van der Waals surface area contributed by atoms with E-state index in [-0.39, 0.29) is 31.0 Å². The zero-order valence-corrected chi connectivity index (χ0v) is 17.8. The van der Waals surface area contributed by atoms with Crippen molar-refractivity contribution in [1.82, 2.24) is 9.13 Å². The zero-order valence-electron chi connectivity index (χ0n) is 17.8. The summed E-state index contributed by atoms with van der Waals surface area (Å²) in [5.41, 5.74) is 1.33. The molecule has 7 nitrogen and oxygen atoms in total. The highest BCUT2D eigenvalue weighted by atomic mass is 19.4. The Bertz CT molecular complexity index is 1340.